The summed E-state index contributed by atoms with van der Waals surface area (Å²) in [4.78, 5) is 12.1. The number of carbonyl (C=O) groups is 1. The van der Waals surface area contributed by atoms with E-state index < -0.39 is 11.7 Å². The summed E-state index contributed by atoms with van der Waals surface area (Å²) in [6.45, 7) is 1.93. The van der Waals surface area contributed by atoms with Gasteiger partial charge < -0.3 is 11.1 Å². The Morgan fingerprint density at radius 2 is 2.28 bits per heavy atom. The second-order valence-corrected chi connectivity index (χ2v) is 5.16. The van der Waals surface area contributed by atoms with E-state index in [0.717, 1.165) is 6.42 Å². The van der Waals surface area contributed by atoms with Gasteiger partial charge in [-0.1, -0.05) is 31.6 Å². The Balaban J connectivity index is 2.89. The molecule has 1 atom stereocenters. The van der Waals surface area contributed by atoms with Gasteiger partial charge in [0.15, 0.2) is 0 Å². The van der Waals surface area contributed by atoms with Crippen molar-refractivity contribution in [1.82, 2.24) is 0 Å². The van der Waals surface area contributed by atoms with Gasteiger partial charge in [-0.05, 0) is 34.5 Å². The van der Waals surface area contributed by atoms with Gasteiger partial charge in [-0.15, -0.1) is 0 Å². The van der Waals surface area contributed by atoms with Crippen molar-refractivity contribution in [3.63, 3.8) is 0 Å². The van der Waals surface area contributed by atoms with Crippen LogP contribution in [-0.4, -0.2) is 10.9 Å². The van der Waals surface area contributed by atoms with E-state index in [0.29, 0.717) is 10.9 Å². The highest BCUT2D eigenvalue weighted by atomic mass is 79.9. The first-order valence-corrected chi connectivity index (χ1v) is 6.71. The lowest BCUT2D eigenvalue weighted by molar-refractivity contribution is -0.118. The lowest BCUT2D eigenvalue weighted by atomic mass is 10.0. The maximum absolute atomic E-state index is 13.6. The first-order chi connectivity index (χ1) is 8.47. The van der Waals surface area contributed by atoms with Crippen LogP contribution in [0.1, 0.15) is 19.8 Å². The number of thiocarbonyl (C=S) groups is 1. The predicted octanol–water partition coefficient (Wildman–Crippen LogP) is 3.23. The van der Waals surface area contributed by atoms with Crippen molar-refractivity contribution >= 4 is 44.7 Å². The Kier molecular flexibility index (Phi) is 5.68. The van der Waals surface area contributed by atoms with Crippen molar-refractivity contribution in [3.05, 3.63) is 28.5 Å². The fourth-order valence-electron chi connectivity index (χ4n) is 1.52. The molecule has 0 saturated carbocycles. The first-order valence-electron chi connectivity index (χ1n) is 5.51. The Bertz CT molecular complexity index is 447. The first kappa shape index (κ1) is 15.0. The van der Waals surface area contributed by atoms with E-state index in [1.165, 1.54) is 6.07 Å². The number of rotatable bonds is 5. The summed E-state index contributed by atoms with van der Waals surface area (Å²) in [6.07, 6.45) is 1.32. The predicted molar refractivity (Wildman–Crippen MR) is 77.9 cm³/mol. The molecule has 1 aromatic rings. The molecule has 18 heavy (non-hydrogen) atoms. The van der Waals surface area contributed by atoms with Gasteiger partial charge in [-0.3, -0.25) is 4.79 Å². The molecule has 0 spiro atoms. The molecule has 0 aliphatic rings. The molecule has 0 heterocycles. The number of benzene rings is 1. The van der Waals surface area contributed by atoms with Crippen LogP contribution in [0.3, 0.4) is 0 Å². The lowest BCUT2D eigenvalue weighted by Gasteiger charge is -2.15. The molecule has 3 nitrogen and oxygen atoms in total. The maximum Gasteiger partial charge on any atom is 0.234 e. The smallest absolute Gasteiger partial charge is 0.234 e. The van der Waals surface area contributed by atoms with E-state index >= 15 is 0 Å². The number of hydrogen-bond donors (Lipinski definition) is 2. The number of anilines is 1. The normalized spacial score (nSPS) is 11.9. The number of hydrogen-bond acceptors (Lipinski definition) is 2. The van der Waals surface area contributed by atoms with Gasteiger partial charge in [0.25, 0.3) is 0 Å². The van der Waals surface area contributed by atoms with Crippen molar-refractivity contribution in [2.24, 2.45) is 11.7 Å². The molecule has 0 aliphatic carbocycles. The van der Waals surface area contributed by atoms with Gasteiger partial charge in [0.05, 0.1) is 16.6 Å². The van der Waals surface area contributed by atoms with Crippen LogP contribution in [0.25, 0.3) is 0 Å². The van der Waals surface area contributed by atoms with E-state index in [4.69, 9.17) is 18.0 Å². The maximum atomic E-state index is 13.6. The molecule has 0 bridgehead atoms. The van der Waals surface area contributed by atoms with Crippen LogP contribution < -0.4 is 11.1 Å². The average Bonchev–Trinajstić information content (AvgIpc) is 2.30. The minimum absolute atomic E-state index is 0.111. The number of carbonyl (C=O) groups excluding carboxylic acids is 1. The summed E-state index contributed by atoms with van der Waals surface area (Å²) in [5, 5.41) is 2.52. The number of halogens is 2. The second kappa shape index (κ2) is 6.80. The number of nitrogens with one attached hydrogen (secondary N) is 1. The van der Waals surface area contributed by atoms with Crippen molar-refractivity contribution in [2.45, 2.75) is 19.8 Å². The summed E-state index contributed by atoms with van der Waals surface area (Å²) in [7, 11) is 0. The van der Waals surface area contributed by atoms with Gasteiger partial charge in [-0.2, -0.15) is 0 Å². The highest BCUT2D eigenvalue weighted by Crippen LogP contribution is 2.26. The lowest BCUT2D eigenvalue weighted by Crippen LogP contribution is -2.33. The molecule has 6 heteroatoms. The SMILES string of the molecule is CCCC(C(=O)Nc1c(F)cccc1Br)C(N)=S. The minimum atomic E-state index is -0.573. The Hall–Kier alpha value is -1.01. The van der Waals surface area contributed by atoms with Gasteiger partial charge in [0.2, 0.25) is 5.91 Å². The van der Waals surface area contributed by atoms with Crippen LogP contribution >= 0.6 is 28.1 Å². The molecular formula is C12H14BrFN2OS. The van der Waals surface area contributed by atoms with Crippen molar-refractivity contribution in [3.8, 4) is 0 Å². The molecule has 0 fully saturated rings. The molecule has 1 aromatic carbocycles. The zero-order valence-corrected chi connectivity index (χ0v) is 12.3. The van der Waals surface area contributed by atoms with Crippen LogP contribution in [0.5, 0.6) is 0 Å². The van der Waals surface area contributed by atoms with Crippen LogP contribution in [0.4, 0.5) is 10.1 Å². The monoisotopic (exact) mass is 332 g/mol. The fraction of sp³-hybridized carbons (Fsp3) is 0.333. The van der Waals surface area contributed by atoms with Crippen LogP contribution in [0, 0.1) is 11.7 Å². The second-order valence-electron chi connectivity index (χ2n) is 3.83. The molecule has 0 aliphatic heterocycles. The van der Waals surface area contributed by atoms with Crippen molar-refractivity contribution in [2.75, 3.05) is 5.32 Å². The van der Waals surface area contributed by atoms with Crippen LogP contribution in [-0.2, 0) is 4.79 Å². The molecule has 98 valence electrons. The number of para-hydroxylation sites is 1. The Morgan fingerprint density at radius 3 is 2.78 bits per heavy atom. The van der Waals surface area contributed by atoms with E-state index in [-0.39, 0.29) is 16.6 Å². The van der Waals surface area contributed by atoms with E-state index in [2.05, 4.69) is 21.2 Å². The highest BCUT2D eigenvalue weighted by Gasteiger charge is 2.22. The van der Waals surface area contributed by atoms with Gasteiger partial charge in [-0.25, -0.2) is 4.39 Å². The zero-order valence-electron chi connectivity index (χ0n) is 9.87. The van der Waals surface area contributed by atoms with Crippen LogP contribution in [0.2, 0.25) is 0 Å². The summed E-state index contributed by atoms with van der Waals surface area (Å²) in [5.74, 6) is -1.46. The third kappa shape index (κ3) is 3.74. The van der Waals surface area contributed by atoms with Crippen molar-refractivity contribution < 1.29 is 9.18 Å². The zero-order chi connectivity index (χ0) is 13.7. The summed E-state index contributed by atoms with van der Waals surface area (Å²) in [5.41, 5.74) is 5.63. The quantitative estimate of drug-likeness (QED) is 0.814. The third-order valence-corrected chi connectivity index (χ3v) is 3.39. The van der Waals surface area contributed by atoms with Gasteiger partial charge in [0, 0.05) is 4.47 Å². The molecule has 1 rings (SSSR count). The summed E-state index contributed by atoms with van der Waals surface area (Å²) in [6, 6.07) is 4.47. The molecule has 0 saturated heterocycles. The van der Waals surface area contributed by atoms with Gasteiger partial charge >= 0.3 is 0 Å². The molecule has 0 aromatic heterocycles. The molecular weight excluding hydrogens is 319 g/mol. The standard InChI is InChI=1S/C12H14BrFN2OS/c1-2-4-7(11(15)18)12(17)16-10-8(13)5-3-6-9(10)14/h3,5-7H,2,4H2,1H3,(H2,15,18)(H,16,17). The number of amides is 1. The third-order valence-electron chi connectivity index (χ3n) is 2.45. The largest absolute Gasteiger partial charge is 0.393 e. The fourth-order valence-corrected chi connectivity index (χ4v) is 2.18. The summed E-state index contributed by atoms with van der Waals surface area (Å²) < 4.78 is 14.0. The molecule has 1 amide bonds. The molecule has 3 N–H and O–H groups in total. The Labute approximate surface area is 119 Å². The van der Waals surface area contributed by atoms with Crippen molar-refractivity contribution in [1.29, 1.82) is 0 Å². The Morgan fingerprint density at radius 1 is 1.61 bits per heavy atom. The van der Waals surface area contributed by atoms with E-state index in [1.54, 1.807) is 12.1 Å². The molecule has 1 unspecified atom stereocenters. The van der Waals surface area contributed by atoms with E-state index in [1.807, 2.05) is 6.92 Å². The highest BCUT2D eigenvalue weighted by molar-refractivity contribution is 9.10. The molecule has 0 radical (unpaired) electrons. The number of nitrogens with two attached hydrogens (primary N) is 1. The van der Waals surface area contributed by atoms with Crippen LogP contribution in [0.15, 0.2) is 22.7 Å². The topological polar surface area (TPSA) is 55.1 Å². The minimum Gasteiger partial charge on any atom is -0.393 e. The van der Waals surface area contributed by atoms with Gasteiger partial charge in [0.1, 0.15) is 5.82 Å². The van der Waals surface area contributed by atoms with E-state index in [9.17, 15) is 9.18 Å². The summed E-state index contributed by atoms with van der Waals surface area (Å²) >= 11 is 8.03. The average molecular weight is 333 g/mol.